The molecule has 2 rings (SSSR count). The summed E-state index contributed by atoms with van der Waals surface area (Å²) >= 11 is 0. The number of benzene rings is 1. The number of fused-ring (bicyclic) bond motifs is 1. The monoisotopic (exact) mass is 215 g/mol. The van der Waals surface area contributed by atoms with E-state index in [1.807, 2.05) is 19.1 Å². The van der Waals surface area contributed by atoms with Gasteiger partial charge >= 0.3 is 0 Å². The minimum Gasteiger partial charge on any atom is -0.489 e. The van der Waals surface area contributed by atoms with Crippen LogP contribution in [0.1, 0.15) is 30.1 Å². The number of nitriles is 1. The molecule has 0 unspecified atom stereocenters. The minimum atomic E-state index is -0.165. The van der Waals surface area contributed by atoms with E-state index in [-0.39, 0.29) is 17.8 Å². The van der Waals surface area contributed by atoms with Crippen molar-refractivity contribution < 1.29 is 9.53 Å². The largest absolute Gasteiger partial charge is 0.489 e. The summed E-state index contributed by atoms with van der Waals surface area (Å²) in [7, 11) is 0. The van der Waals surface area contributed by atoms with Gasteiger partial charge in [-0.1, -0.05) is 19.1 Å². The molecule has 3 nitrogen and oxygen atoms in total. The molecule has 0 fully saturated rings. The lowest BCUT2D eigenvalue weighted by Crippen LogP contribution is -2.35. The molecule has 1 heterocycles. The van der Waals surface area contributed by atoms with Crippen LogP contribution in [0.15, 0.2) is 24.3 Å². The van der Waals surface area contributed by atoms with Crippen LogP contribution in [0, 0.1) is 17.2 Å². The molecule has 2 atom stereocenters. The normalized spacial score (nSPS) is 23.1. The van der Waals surface area contributed by atoms with Gasteiger partial charge in [0.05, 0.1) is 17.6 Å². The van der Waals surface area contributed by atoms with Gasteiger partial charge in [0.15, 0.2) is 5.78 Å². The second-order valence-corrected chi connectivity index (χ2v) is 4.00. The van der Waals surface area contributed by atoms with Gasteiger partial charge in [0.2, 0.25) is 0 Å². The molecule has 16 heavy (non-hydrogen) atoms. The first-order valence-corrected chi connectivity index (χ1v) is 5.41. The second-order valence-electron chi connectivity index (χ2n) is 4.00. The Labute approximate surface area is 94.6 Å². The topological polar surface area (TPSA) is 50.1 Å². The summed E-state index contributed by atoms with van der Waals surface area (Å²) in [5.74, 6) is 0.599. The lowest BCUT2D eigenvalue weighted by Gasteiger charge is -2.29. The fourth-order valence-electron chi connectivity index (χ4n) is 1.97. The van der Waals surface area contributed by atoms with Crippen LogP contribution in [-0.2, 0) is 0 Å². The lowest BCUT2D eigenvalue weighted by atomic mass is 9.89. The smallest absolute Gasteiger partial charge is 0.173 e. The van der Waals surface area contributed by atoms with Crippen LogP contribution in [0.5, 0.6) is 5.75 Å². The Morgan fingerprint density at radius 3 is 2.94 bits per heavy atom. The standard InChI is InChI=1S/C13H13NO2/c1-9-11(7-4-8-14)16-12-6-3-2-5-10(12)13(9)15/h2-3,5-6,9,11H,4,7H2,1H3/t9-,11-/m0/s1. The van der Waals surface area contributed by atoms with Crippen molar-refractivity contribution in [2.75, 3.05) is 0 Å². The molecule has 1 aromatic rings. The summed E-state index contributed by atoms with van der Waals surface area (Å²) in [6.45, 7) is 1.86. The zero-order valence-corrected chi connectivity index (χ0v) is 9.14. The molecule has 0 bridgehead atoms. The van der Waals surface area contributed by atoms with Crippen LogP contribution in [0.4, 0.5) is 0 Å². The molecule has 0 amide bonds. The van der Waals surface area contributed by atoms with Gasteiger partial charge in [-0.2, -0.15) is 5.26 Å². The predicted octanol–water partition coefficient (Wildman–Crippen LogP) is 2.57. The molecule has 82 valence electrons. The Balaban J connectivity index is 2.26. The first-order chi connectivity index (χ1) is 7.74. The van der Waals surface area contributed by atoms with Crippen molar-refractivity contribution in [3.63, 3.8) is 0 Å². The quantitative estimate of drug-likeness (QED) is 0.761. The Morgan fingerprint density at radius 2 is 2.19 bits per heavy atom. The maximum Gasteiger partial charge on any atom is 0.173 e. The number of Topliss-reactive ketones (excluding diaryl/α,β-unsaturated/α-hetero) is 1. The van der Waals surface area contributed by atoms with Crippen LogP contribution in [-0.4, -0.2) is 11.9 Å². The summed E-state index contributed by atoms with van der Waals surface area (Å²) in [6.07, 6.45) is 0.865. The van der Waals surface area contributed by atoms with Crippen molar-refractivity contribution >= 4 is 5.78 Å². The maximum absolute atomic E-state index is 12.0. The van der Waals surface area contributed by atoms with E-state index >= 15 is 0 Å². The number of ketones is 1. The first kappa shape index (κ1) is 10.7. The molecule has 0 spiro atoms. The van der Waals surface area contributed by atoms with Crippen LogP contribution in [0.25, 0.3) is 0 Å². The molecule has 0 saturated heterocycles. The van der Waals surface area contributed by atoms with Crippen molar-refractivity contribution in [1.82, 2.24) is 0 Å². The van der Waals surface area contributed by atoms with Gasteiger partial charge in [-0.15, -0.1) is 0 Å². The number of carbonyl (C=O) groups is 1. The molecule has 0 radical (unpaired) electrons. The van der Waals surface area contributed by atoms with Crippen LogP contribution >= 0.6 is 0 Å². The highest BCUT2D eigenvalue weighted by atomic mass is 16.5. The zero-order chi connectivity index (χ0) is 11.5. The number of carbonyl (C=O) groups excluding carboxylic acids is 1. The van der Waals surface area contributed by atoms with Crippen molar-refractivity contribution in [2.45, 2.75) is 25.9 Å². The van der Waals surface area contributed by atoms with Crippen molar-refractivity contribution in [3.8, 4) is 11.8 Å². The van der Waals surface area contributed by atoms with E-state index < -0.39 is 0 Å². The van der Waals surface area contributed by atoms with Gasteiger partial charge in [-0.05, 0) is 18.6 Å². The number of hydrogen-bond acceptors (Lipinski definition) is 3. The van der Waals surface area contributed by atoms with Crippen molar-refractivity contribution in [3.05, 3.63) is 29.8 Å². The highest BCUT2D eigenvalue weighted by Gasteiger charge is 2.33. The van der Waals surface area contributed by atoms with Gasteiger partial charge in [0, 0.05) is 6.42 Å². The van der Waals surface area contributed by atoms with E-state index in [1.54, 1.807) is 12.1 Å². The number of hydrogen-bond donors (Lipinski definition) is 0. The lowest BCUT2D eigenvalue weighted by molar-refractivity contribution is 0.0675. The number of para-hydroxylation sites is 1. The zero-order valence-electron chi connectivity index (χ0n) is 9.14. The number of nitrogens with zero attached hydrogens (tertiary/aromatic N) is 1. The fourth-order valence-corrected chi connectivity index (χ4v) is 1.97. The molecular formula is C13H13NO2. The van der Waals surface area contributed by atoms with Crippen LogP contribution < -0.4 is 4.74 Å². The van der Waals surface area contributed by atoms with E-state index in [2.05, 4.69) is 6.07 Å². The van der Waals surface area contributed by atoms with E-state index in [4.69, 9.17) is 10.00 Å². The van der Waals surface area contributed by atoms with E-state index in [9.17, 15) is 4.79 Å². The van der Waals surface area contributed by atoms with E-state index in [0.29, 0.717) is 24.2 Å². The fraction of sp³-hybridized carbons (Fsp3) is 0.385. The van der Waals surface area contributed by atoms with Crippen molar-refractivity contribution in [2.24, 2.45) is 5.92 Å². The van der Waals surface area contributed by atoms with Crippen LogP contribution in [0.2, 0.25) is 0 Å². The molecule has 1 aromatic carbocycles. The molecule has 1 aliphatic rings. The predicted molar refractivity (Wildman–Crippen MR) is 59.2 cm³/mol. The molecule has 0 aliphatic carbocycles. The van der Waals surface area contributed by atoms with Gasteiger partial charge in [-0.3, -0.25) is 4.79 Å². The van der Waals surface area contributed by atoms with Gasteiger partial charge in [0.1, 0.15) is 11.9 Å². The number of rotatable bonds is 2. The van der Waals surface area contributed by atoms with E-state index in [0.717, 1.165) is 0 Å². The summed E-state index contributed by atoms with van der Waals surface area (Å²) in [6, 6.07) is 9.36. The summed E-state index contributed by atoms with van der Waals surface area (Å²) in [5, 5.41) is 8.55. The van der Waals surface area contributed by atoms with Gasteiger partial charge in [-0.25, -0.2) is 0 Å². The Kier molecular flexibility index (Phi) is 2.91. The average molecular weight is 215 g/mol. The Hall–Kier alpha value is -1.82. The first-order valence-electron chi connectivity index (χ1n) is 5.41. The average Bonchev–Trinajstić information content (AvgIpc) is 2.32. The van der Waals surface area contributed by atoms with E-state index in [1.165, 1.54) is 0 Å². The SMILES string of the molecule is C[C@@H]1C(=O)c2ccccc2O[C@H]1CCC#N. The molecular weight excluding hydrogens is 202 g/mol. The third-order valence-corrected chi connectivity index (χ3v) is 2.94. The molecule has 1 aliphatic heterocycles. The molecule has 0 N–H and O–H groups in total. The highest BCUT2D eigenvalue weighted by Crippen LogP contribution is 2.31. The van der Waals surface area contributed by atoms with Crippen molar-refractivity contribution in [1.29, 1.82) is 5.26 Å². The third kappa shape index (κ3) is 1.79. The molecule has 3 heteroatoms. The summed E-state index contributed by atoms with van der Waals surface area (Å²) in [5.41, 5.74) is 0.656. The molecule has 0 aromatic heterocycles. The minimum absolute atomic E-state index is 0.116. The second kappa shape index (κ2) is 4.36. The Bertz CT molecular complexity index is 447. The molecule has 0 saturated carbocycles. The van der Waals surface area contributed by atoms with Crippen LogP contribution in [0.3, 0.4) is 0 Å². The highest BCUT2D eigenvalue weighted by molar-refractivity contribution is 6.01. The summed E-state index contributed by atoms with van der Waals surface area (Å²) in [4.78, 5) is 12.0. The third-order valence-electron chi connectivity index (χ3n) is 2.94. The Morgan fingerprint density at radius 1 is 1.44 bits per heavy atom. The van der Waals surface area contributed by atoms with Gasteiger partial charge in [0.25, 0.3) is 0 Å². The van der Waals surface area contributed by atoms with Gasteiger partial charge < -0.3 is 4.74 Å². The maximum atomic E-state index is 12.0. The summed E-state index contributed by atoms with van der Waals surface area (Å²) < 4.78 is 5.74. The number of ether oxygens (including phenoxy) is 1.